The second-order valence-electron chi connectivity index (χ2n) is 2.82. The zero-order valence-corrected chi connectivity index (χ0v) is 7.86. The van der Waals surface area contributed by atoms with Crippen molar-refractivity contribution in [1.82, 2.24) is 0 Å². The monoisotopic (exact) mass is 178 g/mol. The average molecular weight is 178 g/mol. The minimum Gasteiger partial charge on any atom is -0.872 e. The molecule has 0 fully saturated rings. The summed E-state index contributed by atoms with van der Waals surface area (Å²) in [4.78, 5) is 10.6. The molecule has 0 amide bonds. The van der Waals surface area contributed by atoms with Gasteiger partial charge in [0.1, 0.15) is 6.29 Å². The van der Waals surface area contributed by atoms with Gasteiger partial charge in [0.15, 0.2) is 0 Å². The number of rotatable bonds is 1. The molecule has 0 radical (unpaired) electrons. The number of hydrogen-bond donors (Lipinski definition) is 0. The van der Waals surface area contributed by atoms with Gasteiger partial charge < -0.3 is 5.11 Å². The van der Waals surface area contributed by atoms with Crippen LogP contribution in [0, 0.1) is 0 Å². The summed E-state index contributed by atoms with van der Waals surface area (Å²) >= 11 is 0. The van der Waals surface area contributed by atoms with Crippen molar-refractivity contribution in [3.8, 4) is 5.75 Å². The maximum absolute atomic E-state index is 11.2. The van der Waals surface area contributed by atoms with Gasteiger partial charge in [-0.25, -0.2) is 0 Å². The van der Waals surface area contributed by atoms with E-state index in [0.717, 1.165) is 10.8 Å². The van der Waals surface area contributed by atoms with Gasteiger partial charge in [-0.1, -0.05) is 42.1 Å². The summed E-state index contributed by atoms with van der Waals surface area (Å²) in [6.07, 6.45) is 0.616. The third-order valence-corrected chi connectivity index (χ3v) is 2.05. The molecule has 0 aromatic heterocycles. The maximum atomic E-state index is 11.2. The molecule has 0 heterocycles. The molecule has 0 aliphatic carbocycles. The smallest absolute Gasteiger partial charge is 0.872 e. The quantitative estimate of drug-likeness (QED) is 0.403. The number of benzene rings is 2. The number of carbonyl (C=O) groups is 1. The van der Waals surface area contributed by atoms with E-state index in [2.05, 4.69) is 0 Å². The molecule has 3 heteroatoms. The van der Waals surface area contributed by atoms with Crippen molar-refractivity contribution in [3.05, 3.63) is 42.0 Å². The van der Waals surface area contributed by atoms with Crippen LogP contribution in [0.5, 0.6) is 5.75 Å². The van der Waals surface area contributed by atoms with Gasteiger partial charge in [-0.3, -0.25) is 4.79 Å². The molecule has 2 aromatic carbocycles. The van der Waals surface area contributed by atoms with Crippen molar-refractivity contribution in [2.45, 2.75) is 0 Å². The van der Waals surface area contributed by atoms with Crippen LogP contribution in [0.2, 0.25) is 0 Å². The van der Waals surface area contributed by atoms with Crippen LogP contribution in [0.25, 0.3) is 10.8 Å². The molecule has 64 valence electrons. The SMILES string of the molecule is O=Cc1c([O-])ccc2ccccc12.[Li+]. The predicted molar refractivity (Wildman–Crippen MR) is 48.8 cm³/mol. The molecule has 2 rings (SSSR count). The Morgan fingerprint density at radius 3 is 2.50 bits per heavy atom. The average Bonchev–Trinajstić information content (AvgIpc) is 2.18. The van der Waals surface area contributed by atoms with E-state index in [-0.39, 0.29) is 30.2 Å². The molecular formula is C11H7LiO2. The number of aldehydes is 1. The van der Waals surface area contributed by atoms with E-state index in [1.807, 2.05) is 18.2 Å². The number of hydrogen-bond acceptors (Lipinski definition) is 2. The maximum Gasteiger partial charge on any atom is 1.00 e. The Morgan fingerprint density at radius 2 is 1.79 bits per heavy atom. The van der Waals surface area contributed by atoms with E-state index in [9.17, 15) is 9.90 Å². The second-order valence-corrected chi connectivity index (χ2v) is 2.82. The summed E-state index contributed by atoms with van der Waals surface area (Å²) in [5.74, 6) is -0.214. The molecule has 0 N–H and O–H groups in total. The summed E-state index contributed by atoms with van der Waals surface area (Å²) in [6.45, 7) is 0. The largest absolute Gasteiger partial charge is 1.00 e. The van der Waals surface area contributed by atoms with Gasteiger partial charge >= 0.3 is 18.9 Å². The van der Waals surface area contributed by atoms with Gasteiger partial charge in [0.25, 0.3) is 0 Å². The molecule has 14 heavy (non-hydrogen) atoms. The third-order valence-electron chi connectivity index (χ3n) is 2.05. The second kappa shape index (κ2) is 4.32. The van der Waals surface area contributed by atoms with Crippen molar-refractivity contribution in [2.24, 2.45) is 0 Å². The summed E-state index contributed by atoms with van der Waals surface area (Å²) in [5.41, 5.74) is 0.248. The number of carbonyl (C=O) groups excluding carboxylic acids is 1. The van der Waals surface area contributed by atoms with E-state index in [1.165, 1.54) is 6.07 Å². The fourth-order valence-electron chi connectivity index (χ4n) is 1.40. The van der Waals surface area contributed by atoms with E-state index >= 15 is 0 Å². The predicted octanol–water partition coefficient (Wildman–Crippen LogP) is -1.27. The first-order chi connectivity index (χ1) is 6.33. The standard InChI is InChI=1S/C11H8O2.Li/c12-7-10-9-4-2-1-3-8(9)5-6-11(10)13;/h1-7,13H;/q;+1/p-1. The molecule has 0 saturated heterocycles. The zero-order chi connectivity index (χ0) is 9.26. The van der Waals surface area contributed by atoms with E-state index < -0.39 is 0 Å². The van der Waals surface area contributed by atoms with Crippen molar-refractivity contribution in [3.63, 3.8) is 0 Å². The molecule has 0 bridgehead atoms. The van der Waals surface area contributed by atoms with Crippen LogP contribution in [0.1, 0.15) is 10.4 Å². The van der Waals surface area contributed by atoms with Crippen LogP contribution >= 0.6 is 0 Å². The molecule has 2 nitrogen and oxygen atoms in total. The summed E-state index contributed by atoms with van der Waals surface area (Å²) < 4.78 is 0. The van der Waals surface area contributed by atoms with Gasteiger partial charge in [-0.2, -0.15) is 0 Å². The van der Waals surface area contributed by atoms with Crippen LogP contribution < -0.4 is 24.0 Å². The molecular weight excluding hydrogens is 171 g/mol. The molecule has 0 unspecified atom stereocenters. The third kappa shape index (κ3) is 1.67. The van der Waals surface area contributed by atoms with Crippen molar-refractivity contribution in [1.29, 1.82) is 0 Å². The normalized spacial score (nSPS) is 9.43. The van der Waals surface area contributed by atoms with Crippen molar-refractivity contribution in [2.75, 3.05) is 0 Å². The Labute approximate surface area is 93.7 Å². The summed E-state index contributed by atoms with van der Waals surface area (Å²) in [7, 11) is 0. The summed E-state index contributed by atoms with van der Waals surface area (Å²) in [5, 5.41) is 12.9. The first-order valence-electron chi connectivity index (χ1n) is 3.97. The fourth-order valence-corrected chi connectivity index (χ4v) is 1.40. The Kier molecular flexibility index (Phi) is 3.35. The molecule has 0 spiro atoms. The summed E-state index contributed by atoms with van der Waals surface area (Å²) in [6, 6.07) is 10.5. The zero-order valence-electron chi connectivity index (χ0n) is 7.86. The van der Waals surface area contributed by atoms with Gasteiger partial charge in [-0.15, -0.1) is 0 Å². The van der Waals surface area contributed by atoms with Crippen LogP contribution in [0.3, 0.4) is 0 Å². The van der Waals surface area contributed by atoms with Gasteiger partial charge in [0.05, 0.1) is 0 Å². The molecule has 2 aromatic rings. The molecule has 0 saturated carbocycles. The molecule has 0 aliphatic heterocycles. The minimum absolute atomic E-state index is 0. The first-order valence-corrected chi connectivity index (χ1v) is 3.97. The van der Waals surface area contributed by atoms with E-state index in [1.54, 1.807) is 12.1 Å². The van der Waals surface area contributed by atoms with Crippen LogP contribution in [0.4, 0.5) is 0 Å². The topological polar surface area (TPSA) is 40.1 Å². The van der Waals surface area contributed by atoms with Crippen LogP contribution in [-0.2, 0) is 0 Å². The van der Waals surface area contributed by atoms with Crippen LogP contribution in [-0.4, -0.2) is 6.29 Å². The minimum atomic E-state index is -0.214. The first kappa shape index (κ1) is 10.8. The number of fused-ring (bicyclic) bond motifs is 1. The Morgan fingerprint density at radius 1 is 1.07 bits per heavy atom. The Balaban J connectivity index is 0.000000980. The van der Waals surface area contributed by atoms with Gasteiger partial charge in [-0.05, 0) is 10.8 Å². The van der Waals surface area contributed by atoms with E-state index in [4.69, 9.17) is 0 Å². The molecule has 0 atom stereocenters. The van der Waals surface area contributed by atoms with Crippen molar-refractivity contribution >= 4 is 17.1 Å². The Hall–Kier alpha value is -1.23. The van der Waals surface area contributed by atoms with Gasteiger partial charge in [0.2, 0.25) is 0 Å². The Bertz CT molecular complexity index is 466. The van der Waals surface area contributed by atoms with E-state index in [0.29, 0.717) is 6.29 Å². The van der Waals surface area contributed by atoms with Crippen molar-refractivity contribution < 1.29 is 28.8 Å². The van der Waals surface area contributed by atoms with Crippen LogP contribution in [0.15, 0.2) is 36.4 Å². The fraction of sp³-hybridized carbons (Fsp3) is 0. The molecule has 0 aliphatic rings. The van der Waals surface area contributed by atoms with Gasteiger partial charge in [0, 0.05) is 5.56 Å².